The van der Waals surface area contributed by atoms with E-state index in [1.807, 2.05) is 0 Å². The molecular weight excluding hydrogens is 478 g/mol. The molecule has 186 valence electrons. The molecule has 2 aromatic carbocycles. The smallest absolute Gasteiger partial charge is 0.251 e. The van der Waals surface area contributed by atoms with Crippen molar-refractivity contribution in [2.75, 3.05) is 11.5 Å². The Balaban J connectivity index is 1.58. The van der Waals surface area contributed by atoms with Crippen molar-refractivity contribution < 1.29 is 31.5 Å². The number of sulfone groups is 1. The second kappa shape index (κ2) is 11.3. The van der Waals surface area contributed by atoms with Crippen molar-refractivity contribution in [2.24, 2.45) is 11.7 Å². The number of carbonyl (C=O) groups is 2. The third-order valence-corrected chi connectivity index (χ3v) is 7.39. The number of ether oxygens (including phenoxy) is 1. The van der Waals surface area contributed by atoms with Crippen LogP contribution in [0.5, 0.6) is 5.75 Å². The van der Waals surface area contributed by atoms with Gasteiger partial charge in [0.05, 0.1) is 11.5 Å². The Morgan fingerprint density at radius 2 is 1.51 bits per heavy atom. The minimum atomic E-state index is -2.94. The molecule has 1 aliphatic rings. The third-order valence-electron chi connectivity index (χ3n) is 5.67. The molecule has 0 spiro atoms. The normalized spacial score (nSPS) is 17.0. The molecule has 0 radical (unpaired) electrons. The van der Waals surface area contributed by atoms with Crippen molar-refractivity contribution >= 4 is 21.7 Å². The molecule has 7 nitrogen and oxygen atoms in total. The number of hydrogen-bond acceptors (Lipinski definition) is 5. The van der Waals surface area contributed by atoms with Gasteiger partial charge in [-0.15, -0.1) is 0 Å². The van der Waals surface area contributed by atoms with E-state index in [1.165, 1.54) is 12.1 Å². The summed E-state index contributed by atoms with van der Waals surface area (Å²) in [4.78, 5) is 23.8. The third kappa shape index (κ3) is 7.52. The Hall–Kier alpha value is -3.45. The number of halogens is 2. The number of carbonyl (C=O) groups excluding carboxylic acids is 2. The molecule has 1 saturated heterocycles. The highest BCUT2D eigenvalue weighted by Gasteiger charge is 2.31. The lowest BCUT2D eigenvalue weighted by atomic mass is 10.0. The first-order valence-corrected chi connectivity index (χ1v) is 12.8. The lowest BCUT2D eigenvalue weighted by Gasteiger charge is -2.23. The van der Waals surface area contributed by atoms with E-state index in [9.17, 15) is 26.8 Å². The first-order valence-electron chi connectivity index (χ1n) is 11.0. The van der Waals surface area contributed by atoms with Crippen LogP contribution in [0.1, 0.15) is 41.3 Å². The molecule has 35 heavy (non-hydrogen) atoms. The molecule has 2 amide bonds. The molecule has 3 N–H and O–H groups in total. The van der Waals surface area contributed by atoms with E-state index in [4.69, 9.17) is 10.5 Å². The van der Waals surface area contributed by atoms with Gasteiger partial charge in [-0.25, -0.2) is 17.2 Å². The Labute approximate surface area is 203 Å². The minimum Gasteiger partial charge on any atom is -0.490 e. The number of primary amides is 1. The molecule has 1 heterocycles. The van der Waals surface area contributed by atoms with Gasteiger partial charge in [-0.3, -0.25) is 9.59 Å². The van der Waals surface area contributed by atoms with E-state index in [0.29, 0.717) is 24.2 Å². The standard InChI is InChI=1S/C25H26F2N2O5S/c1-16(23(26)27)22(24(28)30)29-25(31)19-8-4-17(5-9-19)2-3-18-6-10-20(11-7-18)34-21-12-14-35(32,33)15-13-21/h4-11,16,21-23H,12-15H2,1H3,(H2,28,30)(H,29,31). The van der Waals surface area contributed by atoms with Crippen LogP contribution < -0.4 is 15.8 Å². The summed E-state index contributed by atoms with van der Waals surface area (Å²) in [6, 6.07) is 11.8. The quantitative estimate of drug-likeness (QED) is 0.563. The number of hydrogen-bond donors (Lipinski definition) is 2. The average Bonchev–Trinajstić information content (AvgIpc) is 2.83. The summed E-state index contributed by atoms with van der Waals surface area (Å²) in [7, 11) is -2.94. The van der Waals surface area contributed by atoms with Crippen LogP contribution in [0.25, 0.3) is 0 Å². The molecule has 2 unspecified atom stereocenters. The van der Waals surface area contributed by atoms with Crippen molar-refractivity contribution in [1.29, 1.82) is 0 Å². The molecule has 2 aromatic rings. The zero-order valence-corrected chi connectivity index (χ0v) is 19.9. The topological polar surface area (TPSA) is 116 Å². The zero-order chi connectivity index (χ0) is 25.6. The summed E-state index contributed by atoms with van der Waals surface area (Å²) in [5.41, 5.74) is 6.69. The molecule has 2 atom stereocenters. The van der Waals surface area contributed by atoms with E-state index in [-0.39, 0.29) is 23.2 Å². The second-order valence-electron chi connectivity index (χ2n) is 8.37. The van der Waals surface area contributed by atoms with Crippen molar-refractivity contribution in [2.45, 2.75) is 38.3 Å². The van der Waals surface area contributed by atoms with Gasteiger partial charge in [0.1, 0.15) is 17.9 Å². The number of nitrogens with one attached hydrogen (secondary N) is 1. The summed E-state index contributed by atoms with van der Waals surface area (Å²) < 4.78 is 54.7. The van der Waals surface area contributed by atoms with Crippen LogP contribution in [-0.2, 0) is 14.6 Å². The summed E-state index contributed by atoms with van der Waals surface area (Å²) in [5, 5.41) is 2.26. The second-order valence-corrected chi connectivity index (χ2v) is 10.7. The van der Waals surface area contributed by atoms with Gasteiger partial charge in [-0.2, -0.15) is 0 Å². The highest BCUT2D eigenvalue weighted by atomic mass is 32.2. The van der Waals surface area contributed by atoms with Crippen LogP contribution in [0.4, 0.5) is 8.78 Å². The average molecular weight is 505 g/mol. The summed E-state index contributed by atoms with van der Waals surface area (Å²) in [6.07, 6.45) is -1.97. The maximum atomic E-state index is 12.9. The number of amides is 2. The fraction of sp³-hybridized carbons (Fsp3) is 0.360. The van der Waals surface area contributed by atoms with Crippen LogP contribution in [0.2, 0.25) is 0 Å². The van der Waals surface area contributed by atoms with Crippen molar-refractivity contribution in [3.8, 4) is 17.6 Å². The summed E-state index contributed by atoms with van der Waals surface area (Å²) >= 11 is 0. The van der Waals surface area contributed by atoms with Crippen molar-refractivity contribution in [1.82, 2.24) is 5.32 Å². The SMILES string of the molecule is CC(C(F)F)C(NC(=O)c1ccc(C#Cc2ccc(OC3CCS(=O)(=O)CC3)cc2)cc1)C(N)=O. The lowest BCUT2D eigenvalue weighted by molar-refractivity contribution is -0.122. The molecule has 0 bridgehead atoms. The van der Waals surface area contributed by atoms with E-state index in [2.05, 4.69) is 17.2 Å². The van der Waals surface area contributed by atoms with Gasteiger partial charge in [0.25, 0.3) is 5.91 Å². The number of benzene rings is 2. The van der Waals surface area contributed by atoms with Gasteiger partial charge in [0, 0.05) is 22.6 Å². The minimum absolute atomic E-state index is 0.122. The largest absolute Gasteiger partial charge is 0.490 e. The fourth-order valence-electron chi connectivity index (χ4n) is 3.48. The van der Waals surface area contributed by atoms with Crippen LogP contribution in [0.15, 0.2) is 48.5 Å². The van der Waals surface area contributed by atoms with Crippen LogP contribution >= 0.6 is 0 Å². The van der Waals surface area contributed by atoms with E-state index in [0.717, 1.165) is 12.5 Å². The van der Waals surface area contributed by atoms with Crippen LogP contribution in [0.3, 0.4) is 0 Å². The van der Waals surface area contributed by atoms with Crippen LogP contribution in [-0.4, -0.2) is 50.3 Å². The van der Waals surface area contributed by atoms with Gasteiger partial charge >= 0.3 is 0 Å². The van der Waals surface area contributed by atoms with Gasteiger partial charge < -0.3 is 15.8 Å². The molecule has 10 heteroatoms. The predicted molar refractivity (Wildman–Crippen MR) is 127 cm³/mol. The highest BCUT2D eigenvalue weighted by molar-refractivity contribution is 7.91. The van der Waals surface area contributed by atoms with Crippen molar-refractivity contribution in [3.05, 3.63) is 65.2 Å². The molecule has 0 aromatic heterocycles. The highest BCUT2D eigenvalue weighted by Crippen LogP contribution is 2.20. The number of rotatable bonds is 7. The number of alkyl halides is 2. The van der Waals surface area contributed by atoms with Gasteiger partial charge in [0.15, 0.2) is 9.84 Å². The molecule has 3 rings (SSSR count). The lowest BCUT2D eigenvalue weighted by Crippen LogP contribution is -2.50. The Morgan fingerprint density at radius 1 is 1.00 bits per heavy atom. The van der Waals surface area contributed by atoms with E-state index >= 15 is 0 Å². The van der Waals surface area contributed by atoms with Crippen LogP contribution in [0, 0.1) is 17.8 Å². The molecular formula is C25H26F2N2O5S. The van der Waals surface area contributed by atoms with Crippen molar-refractivity contribution in [3.63, 3.8) is 0 Å². The van der Waals surface area contributed by atoms with Gasteiger partial charge in [0.2, 0.25) is 12.3 Å². The monoisotopic (exact) mass is 504 g/mol. The van der Waals surface area contributed by atoms with E-state index < -0.39 is 40.0 Å². The first-order chi connectivity index (χ1) is 16.5. The first kappa shape index (κ1) is 26.2. The van der Waals surface area contributed by atoms with E-state index in [1.54, 1.807) is 36.4 Å². The molecule has 0 saturated carbocycles. The van der Waals surface area contributed by atoms with Gasteiger partial charge in [-0.1, -0.05) is 18.8 Å². The maximum Gasteiger partial charge on any atom is 0.251 e. The van der Waals surface area contributed by atoms with Gasteiger partial charge in [-0.05, 0) is 61.4 Å². The molecule has 1 fully saturated rings. The number of nitrogens with two attached hydrogens (primary N) is 1. The maximum absolute atomic E-state index is 12.9. The molecule has 1 aliphatic heterocycles. The Bertz CT molecular complexity index is 1210. The summed E-state index contributed by atoms with van der Waals surface area (Å²) in [6.45, 7) is 1.14. The Kier molecular flexibility index (Phi) is 8.46. The molecule has 0 aliphatic carbocycles. The fourth-order valence-corrected chi connectivity index (χ4v) is 4.92. The summed E-state index contributed by atoms with van der Waals surface area (Å²) in [5.74, 6) is 3.75. The Morgan fingerprint density at radius 3 is 2.00 bits per heavy atom. The zero-order valence-electron chi connectivity index (χ0n) is 19.0. The predicted octanol–water partition coefficient (Wildman–Crippen LogP) is 2.53.